The Kier molecular flexibility index (Phi) is 2.46. The highest BCUT2D eigenvalue weighted by atomic mass is 32.3. The molecule has 0 fully saturated rings. The lowest BCUT2D eigenvalue weighted by Gasteiger charge is -2.01. The molecule has 9 heteroatoms. The van der Waals surface area contributed by atoms with E-state index in [1.807, 2.05) is 0 Å². The van der Waals surface area contributed by atoms with Gasteiger partial charge in [-0.1, -0.05) is 3.89 Å². The summed E-state index contributed by atoms with van der Waals surface area (Å²) >= 11 is 0. The molecule has 7 nitrogen and oxygen atoms in total. The normalized spacial score (nSPS) is 11.9. The number of hydrogen-bond acceptors (Lipinski definition) is 6. The number of halogens is 1. The molecular weight excluding hydrogens is 239 g/mol. The topological polar surface area (TPSA) is 90.9 Å². The Labute approximate surface area is 90.1 Å². The van der Waals surface area contributed by atoms with Crippen molar-refractivity contribution >= 4 is 10.2 Å². The van der Waals surface area contributed by atoms with Gasteiger partial charge in [0, 0.05) is 6.54 Å². The predicted octanol–water partition coefficient (Wildman–Crippen LogP) is 0.611. The third-order valence-corrected chi connectivity index (χ3v) is 2.65. The summed E-state index contributed by atoms with van der Waals surface area (Å²) in [6, 6.07) is 0. The van der Waals surface area contributed by atoms with Crippen molar-refractivity contribution in [2.45, 2.75) is 18.6 Å². The predicted molar refractivity (Wildman–Crippen MR) is 49.5 cm³/mol. The van der Waals surface area contributed by atoms with E-state index < -0.39 is 15.4 Å². The highest BCUT2D eigenvalue weighted by molar-refractivity contribution is 7.86. The molecule has 0 saturated heterocycles. The van der Waals surface area contributed by atoms with Crippen LogP contribution in [0.3, 0.4) is 0 Å². The van der Waals surface area contributed by atoms with Crippen LogP contribution in [0.4, 0.5) is 3.89 Å². The SMILES string of the molecule is CCn1c(-c2cocn2)nnc1S(=O)(=O)F. The minimum Gasteiger partial charge on any atom is -0.451 e. The molecule has 2 heterocycles. The van der Waals surface area contributed by atoms with Crippen LogP contribution in [0.15, 0.2) is 22.2 Å². The minimum absolute atomic E-state index is 0.146. The fourth-order valence-corrected chi connectivity index (χ4v) is 1.88. The van der Waals surface area contributed by atoms with Crippen LogP contribution in [-0.2, 0) is 16.8 Å². The fraction of sp³-hybridized carbons (Fsp3) is 0.286. The van der Waals surface area contributed by atoms with E-state index in [2.05, 4.69) is 15.2 Å². The monoisotopic (exact) mass is 246 g/mol. The number of aromatic nitrogens is 4. The summed E-state index contributed by atoms with van der Waals surface area (Å²) in [7, 11) is -4.88. The molecule has 0 saturated carbocycles. The molecule has 0 spiro atoms. The van der Waals surface area contributed by atoms with Gasteiger partial charge in [-0.2, -0.15) is 8.42 Å². The van der Waals surface area contributed by atoms with Gasteiger partial charge in [0.1, 0.15) is 12.0 Å². The molecule has 2 aromatic heterocycles. The Hall–Kier alpha value is -1.77. The van der Waals surface area contributed by atoms with Crippen LogP contribution < -0.4 is 0 Å². The average molecular weight is 246 g/mol. The maximum Gasteiger partial charge on any atom is 0.368 e. The summed E-state index contributed by atoms with van der Waals surface area (Å²) in [5.74, 6) is 0.146. The minimum atomic E-state index is -4.88. The van der Waals surface area contributed by atoms with Gasteiger partial charge in [0.25, 0.3) is 5.16 Å². The highest BCUT2D eigenvalue weighted by Gasteiger charge is 2.24. The van der Waals surface area contributed by atoms with Crippen LogP contribution in [0.25, 0.3) is 11.5 Å². The molecule has 0 atom stereocenters. The number of nitrogens with zero attached hydrogens (tertiary/aromatic N) is 4. The Morgan fingerprint density at radius 1 is 1.50 bits per heavy atom. The lowest BCUT2D eigenvalue weighted by molar-refractivity contribution is 0.526. The van der Waals surface area contributed by atoms with Crippen LogP contribution in [0.2, 0.25) is 0 Å². The van der Waals surface area contributed by atoms with Gasteiger partial charge in [-0.25, -0.2) is 4.98 Å². The second-order valence-corrected chi connectivity index (χ2v) is 4.10. The Morgan fingerprint density at radius 2 is 2.25 bits per heavy atom. The maximum atomic E-state index is 12.8. The second kappa shape index (κ2) is 3.67. The van der Waals surface area contributed by atoms with Gasteiger partial charge in [0.15, 0.2) is 12.2 Å². The first kappa shape index (κ1) is 10.7. The summed E-state index contributed by atoms with van der Waals surface area (Å²) in [6.07, 6.45) is 2.43. The second-order valence-electron chi connectivity index (χ2n) is 2.86. The molecule has 0 aliphatic rings. The highest BCUT2D eigenvalue weighted by Crippen LogP contribution is 2.19. The van der Waals surface area contributed by atoms with Gasteiger partial charge >= 0.3 is 10.2 Å². The molecule has 0 amide bonds. The van der Waals surface area contributed by atoms with Gasteiger partial charge in [0.2, 0.25) is 0 Å². The van der Waals surface area contributed by atoms with E-state index in [-0.39, 0.29) is 12.4 Å². The Morgan fingerprint density at radius 3 is 2.75 bits per heavy atom. The Bertz CT molecular complexity index is 589. The van der Waals surface area contributed by atoms with Gasteiger partial charge in [0.05, 0.1) is 0 Å². The molecule has 0 aliphatic carbocycles. The zero-order valence-electron chi connectivity index (χ0n) is 8.16. The average Bonchev–Trinajstić information content (AvgIpc) is 2.84. The Balaban J connectivity index is 2.63. The van der Waals surface area contributed by atoms with Crippen LogP contribution in [0, 0.1) is 0 Å². The van der Waals surface area contributed by atoms with Crippen molar-refractivity contribution in [3.8, 4) is 11.5 Å². The van der Waals surface area contributed by atoms with Crippen molar-refractivity contribution in [2.75, 3.05) is 0 Å². The summed E-state index contributed by atoms with van der Waals surface area (Å²) in [6.45, 7) is 1.84. The number of hydrogen-bond donors (Lipinski definition) is 0. The largest absolute Gasteiger partial charge is 0.451 e. The van der Waals surface area contributed by atoms with Gasteiger partial charge < -0.3 is 4.42 Å². The van der Waals surface area contributed by atoms with E-state index in [4.69, 9.17) is 4.42 Å². The third-order valence-electron chi connectivity index (χ3n) is 1.91. The first-order valence-corrected chi connectivity index (χ1v) is 5.68. The van der Waals surface area contributed by atoms with Crippen molar-refractivity contribution in [1.29, 1.82) is 0 Å². The number of rotatable bonds is 3. The third kappa shape index (κ3) is 1.69. The molecule has 86 valence electrons. The smallest absolute Gasteiger partial charge is 0.368 e. The lowest BCUT2D eigenvalue weighted by atomic mass is 10.4. The van der Waals surface area contributed by atoms with Crippen molar-refractivity contribution in [3.05, 3.63) is 12.7 Å². The molecular formula is C7H7FN4O3S. The molecule has 16 heavy (non-hydrogen) atoms. The van der Waals surface area contributed by atoms with Crippen molar-refractivity contribution in [1.82, 2.24) is 19.7 Å². The van der Waals surface area contributed by atoms with E-state index in [1.165, 1.54) is 6.26 Å². The molecule has 0 bridgehead atoms. The summed E-state index contributed by atoms with van der Waals surface area (Å²) < 4.78 is 40.2. The summed E-state index contributed by atoms with van der Waals surface area (Å²) in [5.41, 5.74) is 0.296. The first-order chi connectivity index (χ1) is 7.54. The van der Waals surface area contributed by atoms with E-state index in [1.54, 1.807) is 6.92 Å². The summed E-state index contributed by atoms with van der Waals surface area (Å²) in [4.78, 5) is 3.78. The fourth-order valence-electron chi connectivity index (χ4n) is 1.27. The molecule has 0 aromatic carbocycles. The quantitative estimate of drug-likeness (QED) is 0.737. The molecule has 0 unspecified atom stereocenters. The van der Waals surface area contributed by atoms with E-state index in [0.29, 0.717) is 5.69 Å². The van der Waals surface area contributed by atoms with E-state index >= 15 is 0 Å². The standard InChI is InChI=1S/C7H7FN4O3S/c1-2-12-6(5-3-15-4-9-5)10-11-7(12)16(8,13)14/h3-4H,2H2,1H3. The number of oxazole rings is 1. The molecule has 2 rings (SSSR count). The molecule has 0 radical (unpaired) electrons. The van der Waals surface area contributed by atoms with Gasteiger partial charge in [-0.05, 0) is 6.92 Å². The molecule has 0 N–H and O–H groups in total. The van der Waals surface area contributed by atoms with Crippen molar-refractivity contribution < 1.29 is 16.7 Å². The van der Waals surface area contributed by atoms with E-state index in [9.17, 15) is 12.3 Å². The molecule has 0 aliphatic heterocycles. The first-order valence-electron chi connectivity index (χ1n) is 4.30. The lowest BCUT2D eigenvalue weighted by Crippen LogP contribution is -2.06. The summed E-state index contributed by atoms with van der Waals surface area (Å²) in [5, 5.41) is 6.12. The molecule has 2 aromatic rings. The van der Waals surface area contributed by atoms with Gasteiger partial charge in [-0.3, -0.25) is 4.57 Å². The van der Waals surface area contributed by atoms with Crippen LogP contribution >= 0.6 is 0 Å². The van der Waals surface area contributed by atoms with Crippen LogP contribution in [0.5, 0.6) is 0 Å². The van der Waals surface area contributed by atoms with Crippen molar-refractivity contribution in [2.24, 2.45) is 0 Å². The maximum absolute atomic E-state index is 12.8. The van der Waals surface area contributed by atoms with Crippen molar-refractivity contribution in [3.63, 3.8) is 0 Å². The van der Waals surface area contributed by atoms with E-state index in [0.717, 1.165) is 11.0 Å². The zero-order valence-corrected chi connectivity index (χ0v) is 8.98. The zero-order chi connectivity index (χ0) is 11.8. The van der Waals surface area contributed by atoms with Crippen LogP contribution in [0.1, 0.15) is 6.92 Å². The van der Waals surface area contributed by atoms with Gasteiger partial charge in [-0.15, -0.1) is 10.2 Å². The van der Waals surface area contributed by atoms with Crippen LogP contribution in [-0.4, -0.2) is 28.2 Å².